The maximum Gasteiger partial charge on any atom is 0.357 e. The SMILES string of the molecule is COC(=O)c1nc(N2CCOCC2C)sc1C. The first kappa shape index (κ1) is 12.3. The fraction of sp³-hybridized carbons (Fsp3) is 0.636. The number of hydrogen-bond acceptors (Lipinski definition) is 6. The average molecular weight is 256 g/mol. The maximum atomic E-state index is 11.5. The van der Waals surface area contributed by atoms with Gasteiger partial charge in [0.15, 0.2) is 10.8 Å². The first-order valence-corrected chi connectivity index (χ1v) is 6.35. The molecular formula is C11H16N2O3S. The lowest BCUT2D eigenvalue weighted by atomic mass is 10.3. The van der Waals surface area contributed by atoms with Crippen LogP contribution in [0.3, 0.4) is 0 Å². The van der Waals surface area contributed by atoms with Gasteiger partial charge in [0, 0.05) is 11.4 Å². The van der Waals surface area contributed by atoms with Crippen LogP contribution in [0.15, 0.2) is 0 Å². The molecule has 0 aliphatic carbocycles. The lowest BCUT2D eigenvalue weighted by Gasteiger charge is -2.32. The van der Waals surface area contributed by atoms with Crippen LogP contribution in [0, 0.1) is 6.92 Å². The highest BCUT2D eigenvalue weighted by atomic mass is 32.1. The van der Waals surface area contributed by atoms with E-state index < -0.39 is 0 Å². The van der Waals surface area contributed by atoms with Crippen LogP contribution in [0.25, 0.3) is 0 Å². The van der Waals surface area contributed by atoms with E-state index in [2.05, 4.69) is 16.8 Å². The van der Waals surface area contributed by atoms with Crippen molar-refractivity contribution >= 4 is 22.4 Å². The Kier molecular flexibility index (Phi) is 3.63. The van der Waals surface area contributed by atoms with Crippen LogP contribution >= 0.6 is 11.3 Å². The number of morpholine rings is 1. The highest BCUT2D eigenvalue weighted by Crippen LogP contribution is 2.28. The van der Waals surface area contributed by atoms with E-state index in [4.69, 9.17) is 9.47 Å². The fourth-order valence-corrected chi connectivity index (χ4v) is 2.83. The standard InChI is InChI=1S/C11H16N2O3S/c1-7-6-16-5-4-13(7)11-12-9(8(2)17-11)10(14)15-3/h7H,4-6H2,1-3H3. The molecule has 94 valence electrons. The lowest BCUT2D eigenvalue weighted by Crippen LogP contribution is -2.43. The molecule has 1 aliphatic rings. The van der Waals surface area contributed by atoms with Crippen molar-refractivity contribution in [1.29, 1.82) is 0 Å². The third kappa shape index (κ3) is 2.42. The van der Waals surface area contributed by atoms with Crippen LogP contribution in [0.4, 0.5) is 5.13 Å². The van der Waals surface area contributed by atoms with Gasteiger partial charge in [-0.1, -0.05) is 0 Å². The van der Waals surface area contributed by atoms with Gasteiger partial charge < -0.3 is 14.4 Å². The molecule has 0 amide bonds. The molecule has 0 radical (unpaired) electrons. The Morgan fingerprint density at radius 3 is 3.06 bits per heavy atom. The van der Waals surface area contributed by atoms with Crippen molar-refractivity contribution in [3.05, 3.63) is 10.6 Å². The van der Waals surface area contributed by atoms with Gasteiger partial charge in [0.25, 0.3) is 0 Å². The molecular weight excluding hydrogens is 240 g/mol. The van der Waals surface area contributed by atoms with E-state index in [0.717, 1.165) is 16.6 Å². The van der Waals surface area contributed by atoms with Crippen molar-refractivity contribution in [2.24, 2.45) is 0 Å². The van der Waals surface area contributed by atoms with E-state index in [0.29, 0.717) is 24.9 Å². The summed E-state index contributed by atoms with van der Waals surface area (Å²) in [5.74, 6) is -0.370. The molecule has 1 aromatic heterocycles. The quantitative estimate of drug-likeness (QED) is 0.750. The van der Waals surface area contributed by atoms with Crippen LogP contribution in [0.5, 0.6) is 0 Å². The van der Waals surface area contributed by atoms with Gasteiger partial charge in [-0.05, 0) is 13.8 Å². The highest BCUT2D eigenvalue weighted by molar-refractivity contribution is 7.15. The second kappa shape index (κ2) is 5.01. The predicted octanol–water partition coefficient (Wildman–Crippen LogP) is 1.46. The number of nitrogens with zero attached hydrogens (tertiary/aromatic N) is 2. The summed E-state index contributed by atoms with van der Waals surface area (Å²) in [5, 5.41) is 0.874. The fourth-order valence-electron chi connectivity index (χ4n) is 1.80. The zero-order valence-corrected chi connectivity index (χ0v) is 11.0. The number of aryl methyl sites for hydroxylation is 1. The van der Waals surface area contributed by atoms with Gasteiger partial charge in [-0.25, -0.2) is 9.78 Å². The minimum atomic E-state index is -0.370. The van der Waals surface area contributed by atoms with Gasteiger partial charge in [-0.2, -0.15) is 0 Å². The molecule has 0 spiro atoms. The monoisotopic (exact) mass is 256 g/mol. The Labute approximate surface area is 104 Å². The van der Waals surface area contributed by atoms with E-state index in [9.17, 15) is 4.79 Å². The minimum absolute atomic E-state index is 0.291. The third-order valence-corrected chi connectivity index (χ3v) is 3.79. The summed E-state index contributed by atoms with van der Waals surface area (Å²) in [6.45, 7) is 6.20. The lowest BCUT2D eigenvalue weighted by molar-refractivity contribution is 0.0594. The molecule has 1 unspecified atom stereocenters. The average Bonchev–Trinajstić information content (AvgIpc) is 2.71. The predicted molar refractivity (Wildman–Crippen MR) is 65.8 cm³/mol. The number of ether oxygens (including phenoxy) is 2. The summed E-state index contributed by atoms with van der Waals surface area (Å²) in [6.07, 6.45) is 0. The zero-order valence-electron chi connectivity index (χ0n) is 10.2. The first-order chi connectivity index (χ1) is 8.13. The largest absolute Gasteiger partial charge is 0.464 e. The molecule has 6 heteroatoms. The van der Waals surface area contributed by atoms with Crippen LogP contribution in [0.2, 0.25) is 0 Å². The second-order valence-corrected chi connectivity index (χ2v) is 5.19. The Bertz CT molecular complexity index is 419. The molecule has 0 saturated carbocycles. The van der Waals surface area contributed by atoms with E-state index in [1.165, 1.54) is 18.4 Å². The summed E-state index contributed by atoms with van der Waals surface area (Å²) in [4.78, 5) is 18.9. The van der Waals surface area contributed by atoms with Crippen LogP contribution in [-0.4, -0.2) is 43.9 Å². The number of carbonyl (C=O) groups excluding carboxylic acids is 1. The van der Waals surface area contributed by atoms with Gasteiger partial charge in [-0.15, -0.1) is 11.3 Å². The second-order valence-electron chi connectivity index (χ2n) is 4.01. The molecule has 1 aliphatic heterocycles. The van der Waals surface area contributed by atoms with Crippen molar-refractivity contribution < 1.29 is 14.3 Å². The van der Waals surface area contributed by atoms with Crippen LogP contribution in [-0.2, 0) is 9.47 Å². The number of methoxy groups -OCH3 is 1. The van der Waals surface area contributed by atoms with E-state index >= 15 is 0 Å². The highest BCUT2D eigenvalue weighted by Gasteiger charge is 2.24. The number of anilines is 1. The minimum Gasteiger partial charge on any atom is -0.464 e. The van der Waals surface area contributed by atoms with Gasteiger partial charge in [0.2, 0.25) is 0 Å². The van der Waals surface area contributed by atoms with Gasteiger partial charge in [-0.3, -0.25) is 0 Å². The molecule has 1 aromatic rings. The smallest absolute Gasteiger partial charge is 0.357 e. The van der Waals surface area contributed by atoms with Crippen molar-refractivity contribution in [3.8, 4) is 0 Å². The molecule has 1 fully saturated rings. The topological polar surface area (TPSA) is 51.7 Å². The van der Waals surface area contributed by atoms with Crippen molar-refractivity contribution in [2.75, 3.05) is 31.8 Å². The Morgan fingerprint density at radius 1 is 1.65 bits per heavy atom. The zero-order chi connectivity index (χ0) is 12.4. The molecule has 1 saturated heterocycles. The molecule has 1 atom stereocenters. The molecule has 0 aromatic carbocycles. The molecule has 17 heavy (non-hydrogen) atoms. The van der Waals surface area contributed by atoms with E-state index in [-0.39, 0.29) is 5.97 Å². The number of carbonyl (C=O) groups is 1. The summed E-state index contributed by atoms with van der Waals surface area (Å²) >= 11 is 1.53. The summed E-state index contributed by atoms with van der Waals surface area (Å²) in [5.41, 5.74) is 0.422. The van der Waals surface area contributed by atoms with E-state index in [1.807, 2.05) is 6.92 Å². The Balaban J connectivity index is 2.24. The maximum absolute atomic E-state index is 11.5. The summed E-state index contributed by atoms with van der Waals surface area (Å²) < 4.78 is 10.1. The summed E-state index contributed by atoms with van der Waals surface area (Å²) in [7, 11) is 1.37. The molecule has 0 N–H and O–H groups in total. The molecule has 2 rings (SSSR count). The molecule has 0 bridgehead atoms. The van der Waals surface area contributed by atoms with Crippen molar-refractivity contribution in [1.82, 2.24) is 4.98 Å². The third-order valence-electron chi connectivity index (χ3n) is 2.78. The molecule has 2 heterocycles. The van der Waals surface area contributed by atoms with Gasteiger partial charge >= 0.3 is 5.97 Å². The van der Waals surface area contributed by atoms with Gasteiger partial charge in [0.05, 0.1) is 26.4 Å². The van der Waals surface area contributed by atoms with Crippen LogP contribution in [0.1, 0.15) is 22.3 Å². The Hall–Kier alpha value is -1.14. The first-order valence-electron chi connectivity index (χ1n) is 5.53. The summed E-state index contributed by atoms with van der Waals surface area (Å²) in [6, 6.07) is 0.291. The number of aromatic nitrogens is 1. The van der Waals surface area contributed by atoms with Crippen LogP contribution < -0.4 is 4.90 Å². The normalized spacial score (nSPS) is 20.4. The van der Waals surface area contributed by atoms with Gasteiger partial charge in [0.1, 0.15) is 0 Å². The Morgan fingerprint density at radius 2 is 2.41 bits per heavy atom. The molecule has 5 nitrogen and oxygen atoms in total. The van der Waals surface area contributed by atoms with Crippen molar-refractivity contribution in [3.63, 3.8) is 0 Å². The van der Waals surface area contributed by atoms with E-state index in [1.54, 1.807) is 0 Å². The number of rotatable bonds is 2. The number of esters is 1. The number of thiazole rings is 1. The number of hydrogen-bond donors (Lipinski definition) is 0. The van der Waals surface area contributed by atoms with Crippen molar-refractivity contribution in [2.45, 2.75) is 19.9 Å².